The zero-order valence-electron chi connectivity index (χ0n) is 15.8. The Balaban J connectivity index is 3.02. The summed E-state index contributed by atoms with van der Waals surface area (Å²) in [6, 6.07) is 0. The van der Waals surface area contributed by atoms with Crippen LogP contribution in [0.5, 0.6) is 0 Å². The normalized spacial score (nSPS) is 22.1. The Morgan fingerprint density at radius 1 is 1.32 bits per heavy atom. The van der Waals surface area contributed by atoms with Crippen molar-refractivity contribution in [2.24, 2.45) is 5.41 Å². The van der Waals surface area contributed by atoms with Crippen LogP contribution in [-0.2, 0) is 9.22 Å². The average Bonchev–Trinajstić information content (AvgIpc) is 2.23. The van der Waals surface area contributed by atoms with E-state index < -0.39 is 8.32 Å². The van der Waals surface area contributed by atoms with Gasteiger partial charge in [0.15, 0.2) is 8.32 Å². The van der Waals surface area contributed by atoms with Gasteiger partial charge >= 0.3 is 0 Å². The van der Waals surface area contributed by atoms with Crippen molar-refractivity contribution in [3.8, 4) is 11.8 Å². The molecule has 0 aromatic rings. The summed E-state index contributed by atoms with van der Waals surface area (Å²) in [5, 5.41) is 0.226. The van der Waals surface area contributed by atoms with E-state index in [1.54, 1.807) is 0 Å². The van der Waals surface area contributed by atoms with Crippen LogP contribution in [0.2, 0.25) is 18.1 Å². The Morgan fingerprint density at radius 3 is 2.27 bits per heavy atom. The van der Waals surface area contributed by atoms with Crippen LogP contribution in [0.15, 0.2) is 11.1 Å². The highest BCUT2D eigenvalue weighted by Gasteiger charge is 2.42. The van der Waals surface area contributed by atoms with Gasteiger partial charge in [-0.1, -0.05) is 46.1 Å². The van der Waals surface area contributed by atoms with Crippen LogP contribution < -0.4 is 0 Å². The van der Waals surface area contributed by atoms with E-state index in [2.05, 4.69) is 66.5 Å². The van der Waals surface area contributed by atoms with Gasteiger partial charge in [0.2, 0.25) is 5.78 Å². The molecule has 22 heavy (non-hydrogen) atoms. The molecular formula is C19H32O2Si. The van der Waals surface area contributed by atoms with E-state index in [4.69, 9.17) is 4.43 Å². The van der Waals surface area contributed by atoms with Gasteiger partial charge in [-0.3, -0.25) is 4.79 Å². The first-order chi connectivity index (χ1) is 9.76. The largest absolute Gasteiger partial charge is 0.414 e. The van der Waals surface area contributed by atoms with Gasteiger partial charge in [-0.25, -0.2) is 0 Å². The molecule has 0 N–H and O–H groups in total. The lowest BCUT2D eigenvalue weighted by Gasteiger charge is -2.44. The third kappa shape index (κ3) is 4.57. The quantitative estimate of drug-likeness (QED) is 0.402. The Bertz CT molecular complexity index is 536. The molecule has 0 aliphatic heterocycles. The summed E-state index contributed by atoms with van der Waals surface area (Å²) in [4.78, 5) is 11.2. The average molecular weight is 321 g/mol. The summed E-state index contributed by atoms with van der Waals surface area (Å²) in [6.45, 7) is 19.5. The van der Waals surface area contributed by atoms with Crippen LogP contribution in [-0.4, -0.2) is 20.2 Å². The number of hydrogen-bond donors (Lipinski definition) is 0. The molecule has 0 unspecified atom stereocenters. The molecule has 1 aliphatic carbocycles. The van der Waals surface area contributed by atoms with Gasteiger partial charge in [0.25, 0.3) is 0 Å². The van der Waals surface area contributed by atoms with Crippen LogP contribution in [0.3, 0.4) is 0 Å². The minimum absolute atomic E-state index is 0.0299. The molecule has 1 rings (SSSR count). The summed E-state index contributed by atoms with van der Waals surface area (Å²) in [6.07, 6.45) is 2.16. The fourth-order valence-electron chi connectivity index (χ4n) is 2.87. The predicted octanol–water partition coefficient (Wildman–Crippen LogP) is 5.11. The molecule has 0 heterocycles. The summed E-state index contributed by atoms with van der Waals surface area (Å²) >= 11 is 0. The van der Waals surface area contributed by atoms with E-state index in [1.807, 2.05) is 0 Å². The van der Waals surface area contributed by atoms with E-state index in [-0.39, 0.29) is 22.3 Å². The zero-order valence-corrected chi connectivity index (χ0v) is 16.8. The number of rotatable bonds is 2. The van der Waals surface area contributed by atoms with Crippen molar-refractivity contribution in [1.82, 2.24) is 0 Å². The first-order valence-electron chi connectivity index (χ1n) is 8.17. The minimum atomic E-state index is -1.76. The molecule has 0 saturated carbocycles. The second-order valence-electron chi connectivity index (χ2n) is 8.75. The van der Waals surface area contributed by atoms with Gasteiger partial charge in [0.05, 0.1) is 0 Å². The van der Waals surface area contributed by atoms with Crippen molar-refractivity contribution in [2.45, 2.75) is 85.5 Å². The molecule has 0 aromatic heterocycles. The SMILES string of the molecule is CC(=O)C#CC1=C(C)C[C@@H](O[Si](C)(C)C(C)(C)C)CC1(C)C. The van der Waals surface area contributed by atoms with E-state index >= 15 is 0 Å². The highest BCUT2D eigenvalue weighted by atomic mass is 28.4. The molecular weight excluding hydrogens is 288 g/mol. The van der Waals surface area contributed by atoms with E-state index in [0.29, 0.717) is 0 Å². The lowest BCUT2D eigenvalue weighted by molar-refractivity contribution is -0.111. The lowest BCUT2D eigenvalue weighted by atomic mass is 9.72. The first-order valence-corrected chi connectivity index (χ1v) is 11.1. The second-order valence-corrected chi connectivity index (χ2v) is 13.5. The molecule has 1 aliphatic rings. The first kappa shape index (κ1) is 19.2. The van der Waals surface area contributed by atoms with E-state index in [0.717, 1.165) is 18.4 Å². The van der Waals surface area contributed by atoms with Crippen molar-refractivity contribution in [3.05, 3.63) is 11.1 Å². The van der Waals surface area contributed by atoms with Crippen LogP contribution in [0.25, 0.3) is 0 Å². The number of carbonyl (C=O) groups is 1. The monoisotopic (exact) mass is 320 g/mol. The maximum Gasteiger partial charge on any atom is 0.202 e. The number of Topliss-reactive ketones (excluding diaryl/α,β-unsaturated/α-hetero) is 1. The molecule has 0 aromatic carbocycles. The van der Waals surface area contributed by atoms with Crippen molar-refractivity contribution in [1.29, 1.82) is 0 Å². The highest BCUT2D eigenvalue weighted by molar-refractivity contribution is 6.74. The van der Waals surface area contributed by atoms with Gasteiger partial charge in [0, 0.05) is 18.6 Å². The molecule has 0 fully saturated rings. The molecule has 0 radical (unpaired) electrons. The van der Waals surface area contributed by atoms with Crippen molar-refractivity contribution in [3.63, 3.8) is 0 Å². The molecule has 0 bridgehead atoms. The zero-order chi connectivity index (χ0) is 17.3. The Labute approximate surface area is 137 Å². The van der Waals surface area contributed by atoms with Gasteiger partial charge in [-0.2, -0.15) is 0 Å². The van der Waals surface area contributed by atoms with Gasteiger partial charge in [-0.15, -0.1) is 0 Å². The Hall–Kier alpha value is -0.853. The lowest BCUT2D eigenvalue weighted by Crippen LogP contribution is -2.46. The smallest absolute Gasteiger partial charge is 0.202 e. The second kappa shape index (κ2) is 6.33. The number of allylic oxidation sites excluding steroid dienone is 1. The molecule has 0 amide bonds. The number of carbonyl (C=O) groups excluding carboxylic acids is 1. The Morgan fingerprint density at radius 2 is 1.86 bits per heavy atom. The topological polar surface area (TPSA) is 26.3 Å². The standard InChI is InChI=1S/C19H32O2Si/c1-14-12-16(21-22(8,9)18(3,4)5)13-19(6,7)17(14)11-10-15(2)20/h16H,12-13H2,1-9H3/t16-/m1/s1. The van der Waals surface area contributed by atoms with Gasteiger partial charge in [-0.05, 0) is 49.2 Å². The van der Waals surface area contributed by atoms with Crippen LogP contribution in [0, 0.1) is 17.3 Å². The maximum atomic E-state index is 11.2. The number of hydrogen-bond acceptors (Lipinski definition) is 2. The minimum Gasteiger partial charge on any atom is -0.414 e. The molecule has 0 spiro atoms. The van der Waals surface area contributed by atoms with Gasteiger partial charge < -0.3 is 4.43 Å². The molecule has 124 valence electrons. The van der Waals surface area contributed by atoms with Crippen molar-refractivity contribution < 1.29 is 9.22 Å². The van der Waals surface area contributed by atoms with Crippen molar-refractivity contribution in [2.75, 3.05) is 0 Å². The fourth-order valence-corrected chi connectivity index (χ4v) is 4.22. The van der Waals surface area contributed by atoms with Crippen LogP contribution in [0.1, 0.15) is 61.3 Å². The maximum absolute atomic E-state index is 11.2. The third-order valence-electron chi connectivity index (χ3n) is 5.01. The predicted molar refractivity (Wildman–Crippen MR) is 96.2 cm³/mol. The van der Waals surface area contributed by atoms with E-state index in [9.17, 15) is 4.79 Å². The summed E-state index contributed by atoms with van der Waals surface area (Å²) in [5.41, 5.74) is 2.36. The molecule has 0 saturated heterocycles. The molecule has 2 nitrogen and oxygen atoms in total. The third-order valence-corrected chi connectivity index (χ3v) is 9.54. The summed E-state index contributed by atoms with van der Waals surface area (Å²) in [7, 11) is -1.76. The Kier molecular flexibility index (Phi) is 5.53. The summed E-state index contributed by atoms with van der Waals surface area (Å²) in [5.74, 6) is 5.75. The van der Waals surface area contributed by atoms with Gasteiger partial charge in [0.1, 0.15) is 0 Å². The number of ketones is 1. The molecule has 1 atom stereocenters. The molecule has 3 heteroatoms. The van der Waals surface area contributed by atoms with E-state index in [1.165, 1.54) is 12.5 Å². The highest BCUT2D eigenvalue weighted by Crippen LogP contribution is 2.44. The summed E-state index contributed by atoms with van der Waals surface area (Å²) < 4.78 is 6.61. The van der Waals surface area contributed by atoms with Crippen LogP contribution >= 0.6 is 0 Å². The van der Waals surface area contributed by atoms with Crippen molar-refractivity contribution >= 4 is 14.1 Å². The van der Waals surface area contributed by atoms with Crippen LogP contribution in [0.4, 0.5) is 0 Å². The fraction of sp³-hybridized carbons (Fsp3) is 0.737.